The first kappa shape index (κ1) is 19.2. The fourth-order valence-electron chi connectivity index (χ4n) is 3.67. The second kappa shape index (κ2) is 8.50. The predicted octanol–water partition coefficient (Wildman–Crippen LogP) is 2.48. The summed E-state index contributed by atoms with van der Waals surface area (Å²) in [6, 6.07) is 11.4. The van der Waals surface area contributed by atoms with E-state index in [1.165, 1.54) is 18.2 Å². The molecule has 1 aliphatic rings. The quantitative estimate of drug-likeness (QED) is 0.670. The van der Waals surface area contributed by atoms with E-state index < -0.39 is 5.82 Å². The highest BCUT2D eigenvalue weighted by Gasteiger charge is 2.33. The lowest BCUT2D eigenvalue weighted by Gasteiger charge is -2.21. The maximum atomic E-state index is 13.3. The van der Waals surface area contributed by atoms with Crippen LogP contribution in [0.2, 0.25) is 0 Å². The molecule has 2 atom stereocenters. The van der Waals surface area contributed by atoms with E-state index in [0.29, 0.717) is 12.2 Å². The van der Waals surface area contributed by atoms with Crippen molar-refractivity contribution in [3.05, 3.63) is 78.1 Å². The molecule has 3 heterocycles. The number of nitrogens with zero attached hydrogens (tertiary/aromatic N) is 4. The highest BCUT2D eigenvalue weighted by Crippen LogP contribution is 2.28. The van der Waals surface area contributed by atoms with Crippen LogP contribution in [0.5, 0.6) is 0 Å². The molecule has 0 spiro atoms. The van der Waals surface area contributed by atoms with Gasteiger partial charge in [0.1, 0.15) is 5.82 Å². The molecule has 0 unspecified atom stereocenters. The van der Waals surface area contributed by atoms with Crippen molar-refractivity contribution in [1.82, 2.24) is 19.7 Å². The van der Waals surface area contributed by atoms with Gasteiger partial charge >= 0.3 is 0 Å². The van der Waals surface area contributed by atoms with Crippen molar-refractivity contribution in [2.45, 2.75) is 25.0 Å². The number of carbonyl (C=O) groups is 1. The van der Waals surface area contributed by atoms with Gasteiger partial charge in [0.2, 0.25) is 0 Å². The summed E-state index contributed by atoms with van der Waals surface area (Å²) < 4.78 is 15.1. The first-order valence-corrected chi connectivity index (χ1v) is 9.48. The molecule has 4 rings (SSSR count). The van der Waals surface area contributed by atoms with Crippen molar-refractivity contribution in [2.75, 3.05) is 18.5 Å². The number of rotatable bonds is 6. The third-order valence-electron chi connectivity index (χ3n) is 5.13. The maximum absolute atomic E-state index is 13.3. The summed E-state index contributed by atoms with van der Waals surface area (Å²) in [6.07, 6.45) is 5.85. The predicted molar refractivity (Wildman–Crippen MR) is 106 cm³/mol. The number of nitrogens with one attached hydrogen (secondary N) is 1. The molecule has 1 saturated heterocycles. The largest absolute Gasteiger partial charge is 0.395 e. The minimum absolute atomic E-state index is 0.0246. The van der Waals surface area contributed by atoms with Gasteiger partial charge in [-0.05, 0) is 36.8 Å². The van der Waals surface area contributed by atoms with Crippen molar-refractivity contribution < 1.29 is 14.3 Å². The number of anilines is 1. The fourth-order valence-corrected chi connectivity index (χ4v) is 3.67. The van der Waals surface area contributed by atoms with Crippen LogP contribution in [0.3, 0.4) is 0 Å². The molecule has 7 nitrogen and oxygen atoms in total. The number of benzene rings is 1. The zero-order valence-corrected chi connectivity index (χ0v) is 15.8. The Bertz CT molecular complexity index is 978. The van der Waals surface area contributed by atoms with Crippen molar-refractivity contribution in [3.8, 4) is 0 Å². The molecule has 2 aromatic heterocycles. The molecule has 0 saturated carbocycles. The topological polar surface area (TPSA) is 83.3 Å². The number of halogens is 1. The van der Waals surface area contributed by atoms with Crippen molar-refractivity contribution in [2.24, 2.45) is 0 Å². The zero-order valence-electron chi connectivity index (χ0n) is 15.8. The Morgan fingerprint density at radius 2 is 2.17 bits per heavy atom. The summed E-state index contributed by atoms with van der Waals surface area (Å²) in [4.78, 5) is 18.8. The second-order valence-electron chi connectivity index (χ2n) is 7.15. The van der Waals surface area contributed by atoms with Gasteiger partial charge < -0.3 is 10.4 Å². The van der Waals surface area contributed by atoms with E-state index in [1.807, 2.05) is 22.9 Å². The first-order chi connectivity index (χ1) is 14.1. The van der Waals surface area contributed by atoms with Gasteiger partial charge in [-0.15, -0.1) is 0 Å². The van der Waals surface area contributed by atoms with Crippen LogP contribution in [0.25, 0.3) is 0 Å². The molecule has 3 aromatic rings. The molecule has 0 bridgehead atoms. The van der Waals surface area contributed by atoms with Gasteiger partial charge in [0.15, 0.2) is 0 Å². The lowest BCUT2D eigenvalue weighted by Crippen LogP contribution is -2.32. The van der Waals surface area contributed by atoms with Gasteiger partial charge in [-0.2, -0.15) is 5.10 Å². The first-order valence-electron chi connectivity index (χ1n) is 9.48. The standard InChI is InChI=1S/C21H22FN5O2/c22-16-5-3-4-15(8-16)21(29)25-18-10-24-27(12-18)19-9-20(14-28)26(13-19)11-17-6-1-2-7-23-17/h1-8,10,12,19-20,28H,9,11,13-14H2,(H,25,29)/t19-,20-/m0/s1. The van der Waals surface area contributed by atoms with E-state index in [-0.39, 0.29) is 30.2 Å². The summed E-state index contributed by atoms with van der Waals surface area (Å²) in [6.45, 7) is 1.45. The average Bonchev–Trinajstić information content (AvgIpc) is 3.35. The molecule has 1 amide bonds. The number of likely N-dealkylation sites (tertiary alicyclic amines) is 1. The Balaban J connectivity index is 1.42. The molecule has 1 fully saturated rings. The zero-order chi connectivity index (χ0) is 20.2. The number of carbonyl (C=O) groups excluding carboxylic acids is 1. The Morgan fingerprint density at radius 1 is 1.28 bits per heavy atom. The number of aromatic nitrogens is 3. The van der Waals surface area contributed by atoms with E-state index in [2.05, 4.69) is 20.3 Å². The number of aliphatic hydroxyl groups is 1. The Morgan fingerprint density at radius 3 is 2.93 bits per heavy atom. The number of amides is 1. The molecule has 0 radical (unpaired) electrons. The summed E-state index contributed by atoms with van der Waals surface area (Å²) in [5.74, 6) is -0.845. The smallest absolute Gasteiger partial charge is 0.255 e. The van der Waals surface area contributed by atoms with Crippen LogP contribution in [0.4, 0.5) is 10.1 Å². The van der Waals surface area contributed by atoms with Gasteiger partial charge in [0.05, 0.1) is 30.2 Å². The normalized spacial score (nSPS) is 19.4. The van der Waals surface area contributed by atoms with Crippen LogP contribution in [-0.4, -0.2) is 49.9 Å². The molecule has 8 heteroatoms. The lowest BCUT2D eigenvalue weighted by molar-refractivity contribution is 0.102. The van der Waals surface area contributed by atoms with Gasteiger partial charge in [-0.3, -0.25) is 19.4 Å². The summed E-state index contributed by atoms with van der Waals surface area (Å²) in [5, 5.41) is 16.9. The third-order valence-corrected chi connectivity index (χ3v) is 5.13. The van der Waals surface area contributed by atoms with E-state index in [4.69, 9.17) is 0 Å². The van der Waals surface area contributed by atoms with E-state index >= 15 is 0 Å². The minimum Gasteiger partial charge on any atom is -0.395 e. The van der Waals surface area contributed by atoms with Crippen LogP contribution in [-0.2, 0) is 6.54 Å². The SMILES string of the molecule is O=C(Nc1cnn([C@H]2C[C@@H](CO)N(Cc3ccccn3)C2)c1)c1cccc(F)c1. The number of hydrogen-bond donors (Lipinski definition) is 2. The van der Waals surface area contributed by atoms with Crippen molar-refractivity contribution in [3.63, 3.8) is 0 Å². The monoisotopic (exact) mass is 395 g/mol. The van der Waals surface area contributed by atoms with Crippen molar-refractivity contribution >= 4 is 11.6 Å². The van der Waals surface area contributed by atoms with Crippen LogP contribution < -0.4 is 5.32 Å². The molecule has 1 aromatic carbocycles. The summed E-state index contributed by atoms with van der Waals surface area (Å²) >= 11 is 0. The molecule has 1 aliphatic heterocycles. The number of pyridine rings is 1. The number of aliphatic hydroxyl groups excluding tert-OH is 1. The van der Waals surface area contributed by atoms with E-state index in [0.717, 1.165) is 18.7 Å². The fraction of sp³-hybridized carbons (Fsp3) is 0.286. The Labute approximate surface area is 167 Å². The van der Waals surface area contributed by atoms with Crippen LogP contribution >= 0.6 is 0 Å². The summed E-state index contributed by atoms with van der Waals surface area (Å²) in [7, 11) is 0. The summed E-state index contributed by atoms with van der Waals surface area (Å²) in [5.41, 5.74) is 1.75. The maximum Gasteiger partial charge on any atom is 0.255 e. The highest BCUT2D eigenvalue weighted by molar-refractivity contribution is 6.04. The second-order valence-corrected chi connectivity index (χ2v) is 7.15. The Hall–Kier alpha value is -3.10. The van der Waals surface area contributed by atoms with E-state index in [9.17, 15) is 14.3 Å². The highest BCUT2D eigenvalue weighted by atomic mass is 19.1. The molecule has 2 N–H and O–H groups in total. The van der Waals surface area contributed by atoms with Crippen LogP contribution in [0.15, 0.2) is 61.1 Å². The third kappa shape index (κ3) is 4.49. The molecule has 29 heavy (non-hydrogen) atoms. The van der Waals surface area contributed by atoms with Gasteiger partial charge in [-0.25, -0.2) is 4.39 Å². The minimum atomic E-state index is -0.456. The van der Waals surface area contributed by atoms with Gasteiger partial charge in [0, 0.05) is 37.1 Å². The van der Waals surface area contributed by atoms with Crippen LogP contribution in [0, 0.1) is 5.82 Å². The van der Waals surface area contributed by atoms with Gasteiger partial charge in [0.25, 0.3) is 5.91 Å². The molecule has 150 valence electrons. The lowest BCUT2D eigenvalue weighted by atomic mass is 10.2. The van der Waals surface area contributed by atoms with Gasteiger partial charge in [-0.1, -0.05) is 12.1 Å². The molecular formula is C21H22FN5O2. The van der Waals surface area contributed by atoms with E-state index in [1.54, 1.807) is 24.7 Å². The molecular weight excluding hydrogens is 373 g/mol. The Kier molecular flexibility index (Phi) is 5.64. The van der Waals surface area contributed by atoms with Crippen LogP contribution in [0.1, 0.15) is 28.5 Å². The molecule has 0 aliphatic carbocycles. The average molecular weight is 395 g/mol. The van der Waals surface area contributed by atoms with Crippen molar-refractivity contribution in [1.29, 1.82) is 0 Å². The number of hydrogen-bond acceptors (Lipinski definition) is 5.